The molecule has 1 aromatic heterocycles. The van der Waals surface area contributed by atoms with Gasteiger partial charge in [-0.3, -0.25) is 0 Å². The zero-order valence-electron chi connectivity index (χ0n) is 11.7. The number of aromatic nitrogens is 1. The second-order valence-electron chi connectivity index (χ2n) is 4.72. The van der Waals surface area contributed by atoms with Crippen LogP contribution in [0.15, 0.2) is 54.7 Å². The minimum Gasteiger partial charge on any atom is -0.493 e. The number of ether oxygens (including phenoxy) is 2. The van der Waals surface area contributed by atoms with Gasteiger partial charge in [0.1, 0.15) is 6.61 Å². The standard InChI is InChI=1S/C17H17NO2/c1-18-11-13(14-7-3-4-8-15(14)18)12-20-17-10-6-5-9-16(17)19-2/h3-11H,12H2,1-2H3. The van der Waals surface area contributed by atoms with E-state index in [4.69, 9.17) is 9.47 Å². The lowest BCUT2D eigenvalue weighted by Gasteiger charge is -2.09. The number of nitrogens with zero attached hydrogens (tertiary/aromatic N) is 1. The SMILES string of the molecule is COc1ccccc1OCc1cn(C)c2ccccc12. The van der Waals surface area contributed by atoms with Gasteiger partial charge in [-0.25, -0.2) is 0 Å². The van der Waals surface area contributed by atoms with Crippen LogP contribution in [0.2, 0.25) is 0 Å². The van der Waals surface area contributed by atoms with Crippen molar-refractivity contribution in [2.24, 2.45) is 7.05 Å². The van der Waals surface area contributed by atoms with E-state index in [0.717, 1.165) is 11.5 Å². The van der Waals surface area contributed by atoms with Crippen LogP contribution in [0.5, 0.6) is 11.5 Å². The lowest BCUT2D eigenvalue weighted by atomic mass is 10.2. The normalized spacial score (nSPS) is 10.7. The first-order valence-electron chi connectivity index (χ1n) is 6.58. The van der Waals surface area contributed by atoms with Gasteiger partial charge in [0.05, 0.1) is 7.11 Å². The van der Waals surface area contributed by atoms with Crippen molar-refractivity contribution in [1.29, 1.82) is 0 Å². The number of fused-ring (bicyclic) bond motifs is 1. The lowest BCUT2D eigenvalue weighted by molar-refractivity contribution is 0.285. The maximum Gasteiger partial charge on any atom is 0.161 e. The highest BCUT2D eigenvalue weighted by Crippen LogP contribution is 2.28. The monoisotopic (exact) mass is 267 g/mol. The molecule has 3 aromatic rings. The van der Waals surface area contributed by atoms with Gasteiger partial charge in [-0.1, -0.05) is 30.3 Å². The van der Waals surface area contributed by atoms with Crippen LogP contribution in [0, 0.1) is 0 Å². The molecule has 3 heteroatoms. The van der Waals surface area contributed by atoms with Crippen LogP contribution in [-0.4, -0.2) is 11.7 Å². The molecule has 0 N–H and O–H groups in total. The summed E-state index contributed by atoms with van der Waals surface area (Å²) in [6.45, 7) is 0.529. The third-order valence-corrected chi connectivity index (χ3v) is 3.43. The van der Waals surface area contributed by atoms with Gasteiger partial charge in [0.15, 0.2) is 11.5 Å². The number of rotatable bonds is 4. The molecule has 3 nitrogen and oxygen atoms in total. The van der Waals surface area contributed by atoms with Crippen molar-refractivity contribution in [2.45, 2.75) is 6.61 Å². The summed E-state index contributed by atoms with van der Waals surface area (Å²) in [5, 5.41) is 1.23. The van der Waals surface area contributed by atoms with Crippen LogP contribution in [-0.2, 0) is 13.7 Å². The molecule has 0 spiro atoms. The Morgan fingerprint density at radius 2 is 1.65 bits per heavy atom. The molecule has 0 bridgehead atoms. The van der Waals surface area contributed by atoms with Gasteiger partial charge < -0.3 is 14.0 Å². The highest BCUT2D eigenvalue weighted by Gasteiger charge is 2.08. The summed E-state index contributed by atoms with van der Waals surface area (Å²) in [5.41, 5.74) is 2.39. The molecule has 0 saturated carbocycles. The molecule has 0 aliphatic heterocycles. The molecule has 2 aromatic carbocycles. The molecule has 0 radical (unpaired) electrons. The van der Waals surface area contributed by atoms with E-state index in [1.165, 1.54) is 16.5 Å². The quantitative estimate of drug-likeness (QED) is 0.718. The summed E-state index contributed by atoms with van der Waals surface area (Å²) < 4.78 is 13.3. The Balaban J connectivity index is 1.87. The molecule has 0 fully saturated rings. The van der Waals surface area contributed by atoms with E-state index < -0.39 is 0 Å². The Labute approximate surface area is 118 Å². The fourth-order valence-electron chi connectivity index (χ4n) is 2.43. The Morgan fingerprint density at radius 3 is 2.45 bits per heavy atom. The van der Waals surface area contributed by atoms with Gasteiger partial charge in [-0.15, -0.1) is 0 Å². The predicted molar refractivity (Wildman–Crippen MR) is 80.2 cm³/mol. The first-order chi connectivity index (χ1) is 9.79. The van der Waals surface area contributed by atoms with Gasteiger partial charge in [-0.05, 0) is 18.2 Å². The summed E-state index contributed by atoms with van der Waals surface area (Å²) in [4.78, 5) is 0. The van der Waals surface area contributed by atoms with Crippen LogP contribution >= 0.6 is 0 Å². The van der Waals surface area contributed by atoms with Crippen molar-refractivity contribution in [3.05, 3.63) is 60.3 Å². The Kier molecular flexibility index (Phi) is 3.33. The average molecular weight is 267 g/mol. The van der Waals surface area contributed by atoms with Crippen LogP contribution in [0.3, 0.4) is 0 Å². The second kappa shape index (κ2) is 5.29. The topological polar surface area (TPSA) is 23.4 Å². The predicted octanol–water partition coefficient (Wildman–Crippen LogP) is 3.77. The van der Waals surface area contributed by atoms with Gasteiger partial charge in [0.25, 0.3) is 0 Å². The number of benzene rings is 2. The van der Waals surface area contributed by atoms with Crippen molar-refractivity contribution in [3.63, 3.8) is 0 Å². The van der Waals surface area contributed by atoms with E-state index in [1.54, 1.807) is 7.11 Å². The molecular formula is C17H17NO2. The van der Waals surface area contributed by atoms with Crippen LogP contribution in [0.1, 0.15) is 5.56 Å². The first-order valence-corrected chi connectivity index (χ1v) is 6.58. The van der Waals surface area contributed by atoms with E-state index in [2.05, 4.69) is 36.0 Å². The molecule has 0 saturated heterocycles. The van der Waals surface area contributed by atoms with Crippen molar-refractivity contribution >= 4 is 10.9 Å². The summed E-state index contributed by atoms with van der Waals surface area (Å²) >= 11 is 0. The van der Waals surface area contributed by atoms with E-state index in [-0.39, 0.29) is 0 Å². The number of aryl methyl sites for hydroxylation is 1. The van der Waals surface area contributed by atoms with E-state index in [1.807, 2.05) is 30.3 Å². The molecule has 102 valence electrons. The molecule has 0 atom stereocenters. The number of methoxy groups -OCH3 is 1. The van der Waals surface area contributed by atoms with E-state index in [0.29, 0.717) is 6.61 Å². The van der Waals surface area contributed by atoms with Gasteiger partial charge >= 0.3 is 0 Å². The largest absolute Gasteiger partial charge is 0.493 e. The maximum atomic E-state index is 5.90. The van der Waals surface area contributed by atoms with Gasteiger partial charge in [-0.2, -0.15) is 0 Å². The van der Waals surface area contributed by atoms with Crippen molar-refractivity contribution in [2.75, 3.05) is 7.11 Å². The summed E-state index contributed by atoms with van der Waals surface area (Å²) in [6, 6.07) is 16.0. The number of hydrogen-bond acceptors (Lipinski definition) is 2. The van der Waals surface area contributed by atoms with Crippen molar-refractivity contribution in [1.82, 2.24) is 4.57 Å². The van der Waals surface area contributed by atoms with Crippen molar-refractivity contribution in [3.8, 4) is 11.5 Å². The summed E-state index contributed by atoms with van der Waals surface area (Å²) in [7, 11) is 3.70. The molecular weight excluding hydrogens is 250 g/mol. The average Bonchev–Trinajstić information content (AvgIpc) is 2.82. The molecule has 0 aliphatic rings. The second-order valence-corrected chi connectivity index (χ2v) is 4.72. The third-order valence-electron chi connectivity index (χ3n) is 3.43. The minimum absolute atomic E-state index is 0.529. The fraction of sp³-hybridized carbons (Fsp3) is 0.176. The molecule has 0 amide bonds. The van der Waals surface area contributed by atoms with Gasteiger partial charge in [0, 0.05) is 29.7 Å². The maximum absolute atomic E-state index is 5.90. The highest BCUT2D eigenvalue weighted by molar-refractivity contribution is 5.83. The van der Waals surface area contributed by atoms with Crippen molar-refractivity contribution < 1.29 is 9.47 Å². The number of hydrogen-bond donors (Lipinski definition) is 0. The molecule has 0 unspecified atom stereocenters. The zero-order valence-corrected chi connectivity index (χ0v) is 11.7. The van der Waals surface area contributed by atoms with Crippen LogP contribution in [0.25, 0.3) is 10.9 Å². The molecule has 20 heavy (non-hydrogen) atoms. The Morgan fingerprint density at radius 1 is 0.950 bits per heavy atom. The van der Waals surface area contributed by atoms with Crippen LogP contribution < -0.4 is 9.47 Å². The smallest absolute Gasteiger partial charge is 0.161 e. The van der Waals surface area contributed by atoms with Gasteiger partial charge in [0.2, 0.25) is 0 Å². The fourth-order valence-corrected chi connectivity index (χ4v) is 2.43. The highest BCUT2D eigenvalue weighted by atomic mass is 16.5. The van der Waals surface area contributed by atoms with Crippen LogP contribution in [0.4, 0.5) is 0 Å². The molecule has 0 aliphatic carbocycles. The Bertz CT molecular complexity index is 731. The Hall–Kier alpha value is -2.42. The number of para-hydroxylation sites is 3. The first kappa shape index (κ1) is 12.6. The third kappa shape index (κ3) is 2.23. The molecule has 3 rings (SSSR count). The molecule has 1 heterocycles. The van der Waals surface area contributed by atoms with E-state index in [9.17, 15) is 0 Å². The minimum atomic E-state index is 0.529. The summed E-state index contributed by atoms with van der Waals surface area (Å²) in [5.74, 6) is 1.52. The lowest BCUT2D eigenvalue weighted by Crippen LogP contribution is -1.97. The zero-order chi connectivity index (χ0) is 13.9. The summed E-state index contributed by atoms with van der Waals surface area (Å²) in [6.07, 6.45) is 2.11. The van der Waals surface area contributed by atoms with E-state index >= 15 is 0 Å².